The van der Waals surface area contributed by atoms with E-state index in [4.69, 9.17) is 0 Å². The maximum Gasteiger partial charge on any atom is 0.512 e. The number of hydrogen-bond acceptors (Lipinski definition) is 5. The van der Waals surface area contributed by atoms with Crippen LogP contribution in [0.2, 0.25) is 0 Å². The summed E-state index contributed by atoms with van der Waals surface area (Å²) < 4.78 is 108. The first kappa shape index (κ1) is 28.4. The lowest BCUT2D eigenvalue weighted by molar-refractivity contribution is -0.0476. The van der Waals surface area contributed by atoms with Crippen LogP contribution in [0.1, 0.15) is 58.8 Å². The molecule has 1 unspecified atom stereocenters. The molecule has 1 atom stereocenters. The average molecular weight is 479 g/mol. The molecule has 0 amide bonds. The van der Waals surface area contributed by atoms with Crippen LogP contribution in [0.3, 0.4) is 0 Å². The predicted octanol–water partition coefficient (Wildman–Crippen LogP) is 3.96. The average Bonchev–Trinajstić information content (AvgIpc) is 2.93. The molecule has 29 heavy (non-hydrogen) atoms. The van der Waals surface area contributed by atoms with Gasteiger partial charge in [-0.15, -0.1) is 0 Å². The minimum Gasteiger partial charge on any atom is -0.303 e. The summed E-state index contributed by atoms with van der Waals surface area (Å²) in [6, 6.07) is 0. The molecule has 6 nitrogen and oxygen atoms in total. The molecule has 176 valence electrons. The Morgan fingerprint density at radius 3 is 1.69 bits per heavy atom. The third kappa shape index (κ3) is 10.8. The van der Waals surface area contributed by atoms with Gasteiger partial charge in [-0.2, -0.15) is 26.3 Å². The topological polar surface area (TPSA) is 83.6 Å². The van der Waals surface area contributed by atoms with Crippen LogP contribution in [0, 0.1) is 5.92 Å². The molecule has 0 aromatic carbocycles. The van der Waals surface area contributed by atoms with Gasteiger partial charge >= 0.3 is 31.1 Å². The van der Waals surface area contributed by atoms with Gasteiger partial charge in [-0.1, -0.05) is 50.1 Å². The number of rotatable bonds is 9. The molecule has 0 saturated carbocycles. The van der Waals surface area contributed by atoms with Gasteiger partial charge in [-0.3, -0.25) is 0 Å². The Labute approximate surface area is 168 Å². The monoisotopic (exact) mass is 478 g/mol. The highest BCUT2D eigenvalue weighted by Crippen LogP contribution is 2.27. The number of sulfonamides is 2. The van der Waals surface area contributed by atoms with Crippen molar-refractivity contribution in [3.8, 4) is 0 Å². The van der Waals surface area contributed by atoms with E-state index in [-0.39, 0.29) is 0 Å². The Morgan fingerprint density at radius 2 is 1.31 bits per heavy atom. The minimum atomic E-state index is -6.60. The summed E-state index contributed by atoms with van der Waals surface area (Å²) in [5.41, 5.74) is -12.3. The fourth-order valence-electron chi connectivity index (χ4n) is 2.58. The SMILES string of the molecule is CCCCCCCCN1CCC(C)C1.O=S(=O)(NS(=O)(=O)C(F)(F)F)C(F)(F)F. The van der Waals surface area contributed by atoms with E-state index >= 15 is 0 Å². The smallest absolute Gasteiger partial charge is 0.303 e. The number of alkyl halides is 6. The van der Waals surface area contributed by atoms with Crippen LogP contribution >= 0.6 is 0 Å². The van der Waals surface area contributed by atoms with Crippen LogP contribution in [0.15, 0.2) is 0 Å². The number of nitrogens with one attached hydrogen (secondary N) is 1. The summed E-state index contributed by atoms with van der Waals surface area (Å²) in [7, 11) is -13.2. The molecule has 1 fully saturated rings. The van der Waals surface area contributed by atoms with E-state index in [9.17, 15) is 43.2 Å². The Bertz CT molecular complexity index is 636. The number of likely N-dealkylation sites (tertiary alicyclic amines) is 1. The largest absolute Gasteiger partial charge is 0.512 e. The van der Waals surface area contributed by atoms with E-state index in [0.717, 1.165) is 5.92 Å². The molecule has 0 aromatic heterocycles. The molecule has 14 heteroatoms. The lowest BCUT2D eigenvalue weighted by Gasteiger charge is -2.14. The molecule has 1 heterocycles. The first-order valence-corrected chi connectivity index (χ1v) is 12.1. The van der Waals surface area contributed by atoms with Crippen LogP contribution in [0.4, 0.5) is 26.3 Å². The molecule has 1 N–H and O–H groups in total. The minimum absolute atomic E-state index is 0.493. The molecule has 1 rings (SSSR count). The van der Waals surface area contributed by atoms with Crippen molar-refractivity contribution in [2.75, 3.05) is 19.6 Å². The highest BCUT2D eigenvalue weighted by molar-refractivity contribution is 8.05. The molecular weight excluding hydrogens is 450 g/mol. The molecule has 0 spiro atoms. The van der Waals surface area contributed by atoms with Gasteiger partial charge in [-0.05, 0) is 31.8 Å². The van der Waals surface area contributed by atoms with E-state index < -0.39 is 35.2 Å². The van der Waals surface area contributed by atoms with Crippen molar-refractivity contribution < 1.29 is 43.2 Å². The van der Waals surface area contributed by atoms with Gasteiger partial charge in [0.15, 0.2) is 0 Å². The maximum absolute atomic E-state index is 11.5. The predicted molar refractivity (Wildman–Crippen MR) is 96.7 cm³/mol. The van der Waals surface area contributed by atoms with E-state index in [1.54, 1.807) is 0 Å². The van der Waals surface area contributed by atoms with Crippen LogP contribution in [-0.2, 0) is 20.0 Å². The zero-order valence-electron chi connectivity index (χ0n) is 16.3. The van der Waals surface area contributed by atoms with E-state index in [1.807, 2.05) is 0 Å². The second-order valence-electron chi connectivity index (χ2n) is 6.94. The number of unbranched alkanes of at least 4 members (excludes halogenated alkanes) is 5. The molecule has 1 saturated heterocycles. The van der Waals surface area contributed by atoms with Crippen molar-refractivity contribution in [3.05, 3.63) is 0 Å². The first-order valence-electron chi connectivity index (χ1n) is 9.17. The quantitative estimate of drug-likeness (QED) is 0.401. The van der Waals surface area contributed by atoms with Crippen molar-refractivity contribution in [2.24, 2.45) is 5.92 Å². The van der Waals surface area contributed by atoms with Gasteiger partial charge in [0.05, 0.1) is 0 Å². The second-order valence-corrected chi connectivity index (χ2v) is 10.6. The lowest BCUT2D eigenvalue weighted by Crippen LogP contribution is -2.45. The zero-order chi connectivity index (χ0) is 22.9. The van der Waals surface area contributed by atoms with Crippen molar-refractivity contribution in [1.82, 2.24) is 9.03 Å². The van der Waals surface area contributed by atoms with Crippen molar-refractivity contribution >= 4 is 20.0 Å². The first-order chi connectivity index (χ1) is 13.0. The summed E-state index contributed by atoms with van der Waals surface area (Å²) >= 11 is 0. The van der Waals surface area contributed by atoms with Crippen molar-refractivity contribution in [2.45, 2.75) is 69.8 Å². The zero-order valence-corrected chi connectivity index (χ0v) is 17.9. The molecule has 0 aromatic rings. The lowest BCUT2D eigenvalue weighted by atomic mass is 10.1. The summed E-state index contributed by atoms with van der Waals surface area (Å²) in [6.07, 6.45) is 10.0. The molecule has 1 aliphatic heterocycles. The van der Waals surface area contributed by atoms with Gasteiger partial charge in [0, 0.05) is 6.54 Å². The highest BCUT2D eigenvalue weighted by Gasteiger charge is 2.55. The normalized spacial score (nSPS) is 19.1. The summed E-state index contributed by atoms with van der Waals surface area (Å²) in [5.74, 6) is 0.954. The van der Waals surface area contributed by atoms with Gasteiger partial charge in [0.1, 0.15) is 0 Å². The van der Waals surface area contributed by atoms with E-state index in [2.05, 4.69) is 18.7 Å². The maximum atomic E-state index is 11.5. The molecule has 0 bridgehead atoms. The van der Waals surface area contributed by atoms with Crippen molar-refractivity contribution in [1.29, 1.82) is 0 Å². The van der Waals surface area contributed by atoms with E-state index in [1.165, 1.54) is 64.6 Å². The van der Waals surface area contributed by atoms with Gasteiger partial charge in [0.2, 0.25) is 0 Å². The number of hydrogen-bond donors (Lipinski definition) is 1. The standard InChI is InChI=1S/C13H27N.C2HF6NO4S2/c1-3-4-5-6-7-8-10-14-11-9-13(2)12-14;3-1(4,5)14(10,11)9-15(12,13)2(6,7)8/h13H,3-12H2,1-2H3;9H. The Balaban J connectivity index is 0.000000541. The van der Waals surface area contributed by atoms with Crippen LogP contribution in [0.25, 0.3) is 0 Å². The van der Waals surface area contributed by atoms with Gasteiger partial charge in [-0.25, -0.2) is 16.8 Å². The number of halogens is 6. The summed E-state index contributed by atoms with van der Waals surface area (Å²) in [5, 5.41) is 0. The molecule has 0 radical (unpaired) electrons. The van der Waals surface area contributed by atoms with E-state index in [0.29, 0.717) is 0 Å². The van der Waals surface area contributed by atoms with Crippen LogP contribution in [0.5, 0.6) is 0 Å². The third-order valence-electron chi connectivity index (χ3n) is 4.16. The Kier molecular flexibility index (Phi) is 11.5. The Morgan fingerprint density at radius 1 is 0.862 bits per heavy atom. The van der Waals surface area contributed by atoms with Crippen LogP contribution in [-0.4, -0.2) is 52.4 Å². The summed E-state index contributed by atoms with van der Waals surface area (Å²) in [6.45, 7) is 8.73. The molecule has 0 aliphatic carbocycles. The van der Waals surface area contributed by atoms with Gasteiger partial charge in [0.25, 0.3) is 0 Å². The van der Waals surface area contributed by atoms with Crippen molar-refractivity contribution in [3.63, 3.8) is 0 Å². The fraction of sp³-hybridized carbons (Fsp3) is 1.00. The Hall–Kier alpha value is -0.600. The second kappa shape index (κ2) is 11.7. The van der Waals surface area contributed by atoms with Crippen LogP contribution < -0.4 is 4.13 Å². The third-order valence-corrected chi connectivity index (χ3v) is 7.14. The summed E-state index contributed by atoms with van der Waals surface area (Å²) in [4.78, 5) is 2.64. The fourth-order valence-corrected chi connectivity index (χ4v) is 4.50. The molecular formula is C15H28F6N2O4S2. The van der Waals surface area contributed by atoms with Gasteiger partial charge < -0.3 is 4.90 Å². The molecule has 1 aliphatic rings. The highest BCUT2D eigenvalue weighted by atomic mass is 32.3. The number of nitrogens with zero attached hydrogens (tertiary/aromatic N) is 1.